The SMILES string of the molecule is CN(CC(=O)O)C(=O)c1cccn1CC(F)(F)F. The van der Waals surface area contributed by atoms with Crippen LogP contribution in [0.25, 0.3) is 0 Å². The number of rotatable bonds is 4. The summed E-state index contributed by atoms with van der Waals surface area (Å²) in [6.07, 6.45) is -3.32. The van der Waals surface area contributed by atoms with Gasteiger partial charge in [0.15, 0.2) is 0 Å². The summed E-state index contributed by atoms with van der Waals surface area (Å²) in [5.74, 6) is -2.01. The van der Waals surface area contributed by atoms with Crippen molar-refractivity contribution in [3.8, 4) is 0 Å². The molecule has 0 saturated carbocycles. The number of carbonyl (C=O) groups excluding carboxylic acids is 1. The molecule has 18 heavy (non-hydrogen) atoms. The molecule has 100 valence electrons. The minimum Gasteiger partial charge on any atom is -0.480 e. The molecule has 0 aliphatic carbocycles. The standard InChI is InChI=1S/C10H11F3N2O3/c1-14(5-8(16)17)9(18)7-3-2-4-15(7)6-10(11,12)13/h2-4H,5-6H2,1H3,(H,16,17). The lowest BCUT2D eigenvalue weighted by molar-refractivity contribution is -0.141. The summed E-state index contributed by atoms with van der Waals surface area (Å²) in [5.41, 5.74) is -0.198. The molecule has 0 aliphatic rings. The number of amides is 1. The van der Waals surface area contributed by atoms with Crippen LogP contribution in [0, 0.1) is 0 Å². The van der Waals surface area contributed by atoms with E-state index in [0.717, 1.165) is 15.7 Å². The zero-order chi connectivity index (χ0) is 13.9. The summed E-state index contributed by atoms with van der Waals surface area (Å²) in [6, 6.07) is 2.51. The molecule has 0 aromatic carbocycles. The van der Waals surface area contributed by atoms with E-state index in [4.69, 9.17) is 5.11 Å². The van der Waals surface area contributed by atoms with Gasteiger partial charge in [-0.25, -0.2) is 0 Å². The molecule has 0 unspecified atom stereocenters. The minimum absolute atomic E-state index is 0.198. The number of nitrogens with zero attached hydrogens (tertiary/aromatic N) is 2. The maximum atomic E-state index is 12.2. The predicted octanol–water partition coefficient (Wildman–Crippen LogP) is 1.21. The molecule has 8 heteroatoms. The fourth-order valence-corrected chi connectivity index (χ4v) is 1.41. The molecule has 1 rings (SSSR count). The Morgan fingerprint density at radius 2 is 2.06 bits per heavy atom. The number of halogens is 3. The number of aromatic nitrogens is 1. The van der Waals surface area contributed by atoms with Crippen molar-refractivity contribution < 1.29 is 27.9 Å². The molecule has 1 N–H and O–H groups in total. The van der Waals surface area contributed by atoms with Crippen LogP contribution >= 0.6 is 0 Å². The van der Waals surface area contributed by atoms with Crippen molar-refractivity contribution in [3.05, 3.63) is 24.0 Å². The number of carbonyl (C=O) groups is 2. The van der Waals surface area contributed by atoms with Crippen molar-refractivity contribution in [1.29, 1.82) is 0 Å². The number of carboxylic acids is 1. The largest absolute Gasteiger partial charge is 0.480 e. The zero-order valence-corrected chi connectivity index (χ0v) is 9.44. The molecular formula is C10H11F3N2O3. The number of carboxylic acid groups (broad SMARTS) is 1. The highest BCUT2D eigenvalue weighted by Crippen LogP contribution is 2.19. The van der Waals surface area contributed by atoms with E-state index < -0.39 is 31.1 Å². The van der Waals surface area contributed by atoms with Crippen molar-refractivity contribution in [2.24, 2.45) is 0 Å². The van der Waals surface area contributed by atoms with Crippen molar-refractivity contribution in [1.82, 2.24) is 9.47 Å². The Labute approximate surface area is 100 Å². The predicted molar refractivity (Wildman–Crippen MR) is 55.1 cm³/mol. The van der Waals surface area contributed by atoms with Crippen LogP contribution < -0.4 is 0 Å². The number of hydrogen-bond acceptors (Lipinski definition) is 2. The van der Waals surface area contributed by atoms with Gasteiger partial charge >= 0.3 is 12.1 Å². The van der Waals surface area contributed by atoms with Gasteiger partial charge in [-0.2, -0.15) is 13.2 Å². The van der Waals surface area contributed by atoms with Gasteiger partial charge in [0.2, 0.25) is 0 Å². The highest BCUT2D eigenvalue weighted by atomic mass is 19.4. The Hall–Kier alpha value is -1.99. The summed E-state index contributed by atoms with van der Waals surface area (Å²) in [7, 11) is 1.21. The number of hydrogen-bond donors (Lipinski definition) is 1. The van der Waals surface area contributed by atoms with Crippen LogP contribution in [0.1, 0.15) is 10.5 Å². The van der Waals surface area contributed by atoms with Gasteiger partial charge in [0.05, 0.1) is 0 Å². The maximum Gasteiger partial charge on any atom is 0.406 e. The molecule has 0 fully saturated rings. The van der Waals surface area contributed by atoms with Crippen LogP contribution in [-0.4, -0.2) is 46.2 Å². The fourth-order valence-electron chi connectivity index (χ4n) is 1.41. The molecule has 0 spiro atoms. The summed E-state index contributed by atoms with van der Waals surface area (Å²) >= 11 is 0. The second kappa shape index (κ2) is 5.11. The van der Waals surface area contributed by atoms with Gasteiger partial charge in [-0.3, -0.25) is 9.59 Å². The maximum absolute atomic E-state index is 12.2. The molecular weight excluding hydrogens is 253 g/mol. The molecule has 0 atom stereocenters. The van der Waals surface area contributed by atoms with Gasteiger partial charge < -0.3 is 14.6 Å². The number of alkyl halides is 3. The molecule has 0 aliphatic heterocycles. The van der Waals surface area contributed by atoms with Gasteiger partial charge in [0, 0.05) is 13.2 Å². The number of likely N-dealkylation sites (N-methyl/N-ethyl adjacent to an activating group) is 1. The van der Waals surface area contributed by atoms with E-state index in [1.54, 1.807) is 0 Å². The fraction of sp³-hybridized carbons (Fsp3) is 0.400. The van der Waals surface area contributed by atoms with Gasteiger partial charge in [-0.15, -0.1) is 0 Å². The Bertz CT molecular complexity index is 453. The molecule has 1 heterocycles. The normalized spacial score (nSPS) is 11.3. The van der Waals surface area contributed by atoms with Gasteiger partial charge in [0.25, 0.3) is 5.91 Å². The van der Waals surface area contributed by atoms with Crippen LogP contribution in [0.15, 0.2) is 18.3 Å². The molecule has 1 aromatic heterocycles. The van der Waals surface area contributed by atoms with Gasteiger partial charge in [0.1, 0.15) is 18.8 Å². The van der Waals surface area contributed by atoms with E-state index in [1.807, 2.05) is 0 Å². The average Bonchev–Trinajstić information content (AvgIpc) is 2.60. The lowest BCUT2D eigenvalue weighted by atomic mass is 10.3. The minimum atomic E-state index is -4.45. The molecule has 0 saturated heterocycles. The molecule has 0 radical (unpaired) electrons. The lowest BCUT2D eigenvalue weighted by Crippen LogP contribution is -2.34. The quantitative estimate of drug-likeness (QED) is 0.889. The van der Waals surface area contributed by atoms with E-state index in [0.29, 0.717) is 0 Å². The first kappa shape index (κ1) is 14.1. The first-order chi connectivity index (χ1) is 8.20. The van der Waals surface area contributed by atoms with E-state index in [-0.39, 0.29) is 5.69 Å². The molecule has 1 amide bonds. The van der Waals surface area contributed by atoms with Gasteiger partial charge in [-0.05, 0) is 12.1 Å². The first-order valence-electron chi connectivity index (χ1n) is 4.90. The van der Waals surface area contributed by atoms with Crippen LogP contribution in [0.4, 0.5) is 13.2 Å². The molecule has 1 aromatic rings. The smallest absolute Gasteiger partial charge is 0.406 e. The molecule has 5 nitrogen and oxygen atoms in total. The Morgan fingerprint density at radius 3 is 2.56 bits per heavy atom. The Balaban J connectivity index is 2.87. The first-order valence-corrected chi connectivity index (χ1v) is 4.90. The van der Waals surface area contributed by atoms with E-state index >= 15 is 0 Å². The monoisotopic (exact) mass is 264 g/mol. The molecule has 0 bridgehead atoms. The van der Waals surface area contributed by atoms with Crippen molar-refractivity contribution in [2.75, 3.05) is 13.6 Å². The van der Waals surface area contributed by atoms with Crippen LogP contribution in [-0.2, 0) is 11.3 Å². The summed E-state index contributed by atoms with van der Waals surface area (Å²) in [4.78, 5) is 23.0. The van der Waals surface area contributed by atoms with E-state index in [2.05, 4.69) is 0 Å². The lowest BCUT2D eigenvalue weighted by Gasteiger charge is -2.17. The summed E-state index contributed by atoms with van der Waals surface area (Å²) < 4.78 is 37.4. The number of aliphatic carboxylic acids is 1. The third-order valence-electron chi connectivity index (χ3n) is 2.12. The second-order valence-corrected chi connectivity index (χ2v) is 3.69. The van der Waals surface area contributed by atoms with E-state index in [1.165, 1.54) is 19.2 Å². The van der Waals surface area contributed by atoms with Crippen LogP contribution in [0.2, 0.25) is 0 Å². The van der Waals surface area contributed by atoms with Crippen LogP contribution in [0.5, 0.6) is 0 Å². The van der Waals surface area contributed by atoms with Crippen molar-refractivity contribution in [3.63, 3.8) is 0 Å². The van der Waals surface area contributed by atoms with E-state index in [9.17, 15) is 22.8 Å². The highest BCUT2D eigenvalue weighted by molar-refractivity contribution is 5.94. The average molecular weight is 264 g/mol. The summed E-state index contributed by atoms with van der Waals surface area (Å²) in [6.45, 7) is -1.86. The Kier molecular flexibility index (Phi) is 4.00. The van der Waals surface area contributed by atoms with Crippen molar-refractivity contribution in [2.45, 2.75) is 12.7 Å². The van der Waals surface area contributed by atoms with Crippen LogP contribution in [0.3, 0.4) is 0 Å². The highest BCUT2D eigenvalue weighted by Gasteiger charge is 2.30. The topological polar surface area (TPSA) is 62.5 Å². The Morgan fingerprint density at radius 1 is 1.44 bits per heavy atom. The van der Waals surface area contributed by atoms with Gasteiger partial charge in [-0.1, -0.05) is 0 Å². The summed E-state index contributed by atoms with van der Waals surface area (Å²) in [5, 5.41) is 8.51. The second-order valence-electron chi connectivity index (χ2n) is 3.69. The third-order valence-corrected chi connectivity index (χ3v) is 2.12. The van der Waals surface area contributed by atoms with Crippen molar-refractivity contribution >= 4 is 11.9 Å². The zero-order valence-electron chi connectivity index (χ0n) is 9.44. The third kappa shape index (κ3) is 3.79.